The molecule has 3 aromatic rings. The fourth-order valence-electron chi connectivity index (χ4n) is 2.79. The van der Waals surface area contributed by atoms with Crippen molar-refractivity contribution >= 4 is 40.0 Å². The minimum atomic E-state index is -0.497. The number of nitrogens with zero attached hydrogens (tertiary/aromatic N) is 1. The Bertz CT molecular complexity index is 1060. The highest BCUT2D eigenvalue weighted by atomic mass is 35.5. The van der Waals surface area contributed by atoms with Gasteiger partial charge in [-0.1, -0.05) is 29.3 Å². The van der Waals surface area contributed by atoms with E-state index in [1.54, 1.807) is 31.2 Å². The molecule has 0 spiro atoms. The van der Waals surface area contributed by atoms with Gasteiger partial charge in [0.05, 0.1) is 36.4 Å². The highest BCUT2D eigenvalue weighted by molar-refractivity contribution is 6.42. The number of rotatable bonds is 5. The summed E-state index contributed by atoms with van der Waals surface area (Å²) in [5.41, 5.74) is 1.27. The van der Waals surface area contributed by atoms with E-state index in [1.807, 2.05) is 0 Å². The molecule has 1 aromatic heterocycles. The van der Waals surface area contributed by atoms with Crippen LogP contribution in [0.3, 0.4) is 0 Å². The summed E-state index contributed by atoms with van der Waals surface area (Å²) in [4.78, 5) is 17.1. The molecule has 0 aliphatic carbocycles. The van der Waals surface area contributed by atoms with Gasteiger partial charge in [-0.15, -0.1) is 0 Å². The molecule has 28 heavy (non-hydrogen) atoms. The van der Waals surface area contributed by atoms with Gasteiger partial charge in [0.25, 0.3) is 5.91 Å². The summed E-state index contributed by atoms with van der Waals surface area (Å²) >= 11 is 12.7. The van der Waals surface area contributed by atoms with Gasteiger partial charge in [-0.05, 0) is 42.8 Å². The maximum absolute atomic E-state index is 13.6. The molecule has 3 rings (SSSR count). The lowest BCUT2D eigenvalue weighted by molar-refractivity contribution is 0.0940. The lowest BCUT2D eigenvalue weighted by Crippen LogP contribution is -2.27. The van der Waals surface area contributed by atoms with Gasteiger partial charge >= 0.3 is 0 Å². The summed E-state index contributed by atoms with van der Waals surface area (Å²) in [5.74, 6) is -0.308. The van der Waals surface area contributed by atoms with Crippen LogP contribution in [0.5, 0.6) is 11.5 Å². The smallest absolute Gasteiger partial charge is 0.256 e. The fraction of sp³-hybridized carbons (Fsp3) is 0.200. The Morgan fingerprint density at radius 3 is 2.57 bits per heavy atom. The van der Waals surface area contributed by atoms with Crippen molar-refractivity contribution in [1.82, 2.24) is 10.3 Å². The standard InChI is InChI=1S/C20H17Cl2FN2O3/c1-10(11-4-6-14(23)16(8-11)28-3)24-20(26)17-18(21)13-9-12(27-2)5-7-15(13)25-19(17)22/h4-10H,1-3H3,(H,24,26)/t10-/m0/s1. The molecule has 0 saturated carbocycles. The minimum Gasteiger partial charge on any atom is -0.497 e. The van der Waals surface area contributed by atoms with Crippen LogP contribution in [0.25, 0.3) is 10.9 Å². The van der Waals surface area contributed by atoms with Crippen molar-refractivity contribution in [3.8, 4) is 11.5 Å². The molecular formula is C20H17Cl2FN2O3. The molecule has 0 saturated heterocycles. The zero-order valence-electron chi connectivity index (χ0n) is 15.3. The van der Waals surface area contributed by atoms with E-state index >= 15 is 0 Å². The number of hydrogen-bond donors (Lipinski definition) is 1. The third-order valence-corrected chi connectivity index (χ3v) is 5.00. The van der Waals surface area contributed by atoms with Crippen molar-refractivity contribution in [3.05, 3.63) is 63.5 Å². The molecule has 1 N–H and O–H groups in total. The lowest BCUT2D eigenvalue weighted by atomic mass is 10.1. The predicted molar refractivity (Wildman–Crippen MR) is 107 cm³/mol. The summed E-state index contributed by atoms with van der Waals surface area (Å²) in [7, 11) is 2.91. The second-order valence-electron chi connectivity index (χ2n) is 6.06. The number of amides is 1. The molecule has 5 nitrogen and oxygen atoms in total. The molecule has 146 valence electrons. The van der Waals surface area contributed by atoms with E-state index in [4.69, 9.17) is 32.7 Å². The molecule has 0 radical (unpaired) electrons. The number of ether oxygens (including phenoxy) is 2. The largest absolute Gasteiger partial charge is 0.497 e. The van der Waals surface area contributed by atoms with Gasteiger partial charge in [0.15, 0.2) is 11.6 Å². The van der Waals surface area contributed by atoms with Gasteiger partial charge < -0.3 is 14.8 Å². The highest BCUT2D eigenvalue weighted by Crippen LogP contribution is 2.33. The van der Waals surface area contributed by atoms with Crippen LogP contribution >= 0.6 is 23.2 Å². The maximum Gasteiger partial charge on any atom is 0.256 e. The molecule has 0 bridgehead atoms. The molecule has 0 fully saturated rings. The van der Waals surface area contributed by atoms with Crippen LogP contribution in [0.4, 0.5) is 4.39 Å². The van der Waals surface area contributed by atoms with E-state index in [-0.39, 0.29) is 21.5 Å². The Morgan fingerprint density at radius 1 is 1.14 bits per heavy atom. The lowest BCUT2D eigenvalue weighted by Gasteiger charge is -2.17. The quantitative estimate of drug-likeness (QED) is 0.574. The number of halogens is 3. The number of hydrogen-bond acceptors (Lipinski definition) is 4. The number of carbonyl (C=O) groups is 1. The molecule has 8 heteroatoms. The number of methoxy groups -OCH3 is 2. The number of fused-ring (bicyclic) bond motifs is 1. The molecule has 0 aliphatic rings. The molecule has 2 aromatic carbocycles. The van der Waals surface area contributed by atoms with Crippen LogP contribution in [-0.4, -0.2) is 25.1 Å². The number of benzene rings is 2. The van der Waals surface area contributed by atoms with E-state index in [0.717, 1.165) is 0 Å². The summed E-state index contributed by atoms with van der Waals surface area (Å²) in [6.07, 6.45) is 0. The van der Waals surface area contributed by atoms with Crippen molar-refractivity contribution in [2.24, 2.45) is 0 Å². The van der Waals surface area contributed by atoms with E-state index in [9.17, 15) is 9.18 Å². The number of pyridine rings is 1. The van der Waals surface area contributed by atoms with E-state index in [0.29, 0.717) is 22.2 Å². The van der Waals surface area contributed by atoms with Crippen LogP contribution in [0, 0.1) is 5.82 Å². The molecule has 1 atom stereocenters. The minimum absolute atomic E-state index is 0.0101. The first-order valence-electron chi connectivity index (χ1n) is 8.32. The monoisotopic (exact) mass is 422 g/mol. The Kier molecular flexibility index (Phi) is 5.91. The first-order chi connectivity index (χ1) is 13.3. The van der Waals surface area contributed by atoms with Crippen molar-refractivity contribution < 1.29 is 18.7 Å². The molecule has 1 heterocycles. The first kappa shape index (κ1) is 20.2. The van der Waals surface area contributed by atoms with Gasteiger partial charge in [-0.2, -0.15) is 0 Å². The average Bonchev–Trinajstić information content (AvgIpc) is 2.68. The summed E-state index contributed by atoms with van der Waals surface area (Å²) in [5, 5.41) is 3.52. The van der Waals surface area contributed by atoms with Crippen LogP contribution in [0.15, 0.2) is 36.4 Å². The molecule has 1 amide bonds. The third kappa shape index (κ3) is 3.84. The van der Waals surface area contributed by atoms with E-state index in [1.165, 1.54) is 26.4 Å². The third-order valence-electron chi connectivity index (χ3n) is 4.33. The fourth-order valence-corrected chi connectivity index (χ4v) is 3.44. The van der Waals surface area contributed by atoms with Crippen LogP contribution < -0.4 is 14.8 Å². The average molecular weight is 423 g/mol. The maximum atomic E-state index is 13.6. The number of nitrogens with one attached hydrogen (secondary N) is 1. The van der Waals surface area contributed by atoms with E-state index < -0.39 is 17.8 Å². The van der Waals surface area contributed by atoms with Crippen LogP contribution in [-0.2, 0) is 0 Å². The van der Waals surface area contributed by atoms with Gasteiger partial charge in [-0.3, -0.25) is 4.79 Å². The van der Waals surface area contributed by atoms with Gasteiger partial charge in [0, 0.05) is 5.39 Å². The van der Waals surface area contributed by atoms with Crippen molar-refractivity contribution in [3.63, 3.8) is 0 Å². The predicted octanol–water partition coefficient (Wildman–Crippen LogP) is 5.19. The van der Waals surface area contributed by atoms with Crippen molar-refractivity contribution in [2.45, 2.75) is 13.0 Å². The summed E-state index contributed by atoms with van der Waals surface area (Å²) in [6.45, 7) is 1.75. The normalized spacial score (nSPS) is 11.9. The summed E-state index contributed by atoms with van der Waals surface area (Å²) in [6, 6.07) is 9.04. The zero-order valence-corrected chi connectivity index (χ0v) is 16.9. The van der Waals surface area contributed by atoms with Crippen molar-refractivity contribution in [1.29, 1.82) is 0 Å². The van der Waals surface area contributed by atoms with Crippen LogP contribution in [0.2, 0.25) is 10.2 Å². The highest BCUT2D eigenvalue weighted by Gasteiger charge is 2.22. The van der Waals surface area contributed by atoms with Gasteiger partial charge in [0.2, 0.25) is 0 Å². The second-order valence-corrected chi connectivity index (χ2v) is 6.80. The zero-order chi connectivity index (χ0) is 20.4. The molecule has 0 unspecified atom stereocenters. The summed E-state index contributed by atoms with van der Waals surface area (Å²) < 4.78 is 23.8. The van der Waals surface area contributed by atoms with Crippen LogP contribution in [0.1, 0.15) is 28.9 Å². The second kappa shape index (κ2) is 8.20. The van der Waals surface area contributed by atoms with Crippen molar-refractivity contribution in [2.75, 3.05) is 14.2 Å². The SMILES string of the molecule is COc1ccc2nc(Cl)c(C(=O)N[C@@H](C)c3ccc(F)c(OC)c3)c(Cl)c2c1. The Hall–Kier alpha value is -2.57. The Morgan fingerprint density at radius 2 is 1.89 bits per heavy atom. The topological polar surface area (TPSA) is 60.5 Å². The molecular weight excluding hydrogens is 406 g/mol. The first-order valence-corrected chi connectivity index (χ1v) is 9.08. The number of carbonyl (C=O) groups excluding carboxylic acids is 1. The Labute approximate surface area is 171 Å². The Balaban J connectivity index is 1.94. The molecule has 0 aliphatic heterocycles. The number of aromatic nitrogens is 1. The van der Waals surface area contributed by atoms with Gasteiger partial charge in [-0.25, -0.2) is 9.37 Å². The van der Waals surface area contributed by atoms with Gasteiger partial charge in [0.1, 0.15) is 10.9 Å². The van der Waals surface area contributed by atoms with E-state index in [2.05, 4.69) is 10.3 Å².